The highest BCUT2D eigenvalue weighted by molar-refractivity contribution is 5.91. The fraction of sp³-hybridized carbons (Fsp3) is 0.158. The van der Waals surface area contributed by atoms with Crippen molar-refractivity contribution in [1.82, 2.24) is 9.88 Å². The fourth-order valence-corrected chi connectivity index (χ4v) is 2.91. The Hall–Kier alpha value is -2.88. The van der Waals surface area contributed by atoms with E-state index < -0.39 is 0 Å². The predicted octanol–water partition coefficient (Wildman–Crippen LogP) is 3.54. The van der Waals surface area contributed by atoms with Gasteiger partial charge in [0, 0.05) is 18.7 Å². The summed E-state index contributed by atoms with van der Waals surface area (Å²) in [6.07, 6.45) is 2.40. The van der Waals surface area contributed by atoms with Crippen LogP contribution < -0.4 is 0 Å². The average Bonchev–Trinajstić information content (AvgIpc) is 3.11. The van der Waals surface area contributed by atoms with Gasteiger partial charge < -0.3 is 9.32 Å². The monoisotopic (exact) mass is 304 g/mol. The molecule has 2 heterocycles. The second-order valence-corrected chi connectivity index (χ2v) is 5.64. The topological polar surface area (TPSA) is 46.3 Å². The summed E-state index contributed by atoms with van der Waals surface area (Å²) in [6.45, 7) is 1.33. The third kappa shape index (κ3) is 2.63. The number of amides is 1. The SMILES string of the molecule is O=C(c1cnc(-c2ccccc2)o1)N1CCc2ccccc2C1. The van der Waals surface area contributed by atoms with Crippen molar-refractivity contribution in [3.05, 3.63) is 77.7 Å². The molecule has 0 atom stereocenters. The molecule has 2 aromatic carbocycles. The zero-order valence-corrected chi connectivity index (χ0v) is 12.6. The fourth-order valence-electron chi connectivity index (χ4n) is 2.91. The van der Waals surface area contributed by atoms with Crippen LogP contribution in [-0.4, -0.2) is 22.3 Å². The number of nitrogens with zero attached hydrogens (tertiary/aromatic N) is 2. The van der Waals surface area contributed by atoms with E-state index in [4.69, 9.17) is 4.42 Å². The molecule has 4 heteroatoms. The number of carbonyl (C=O) groups excluding carboxylic acids is 1. The highest BCUT2D eigenvalue weighted by Gasteiger charge is 2.24. The van der Waals surface area contributed by atoms with Crippen molar-refractivity contribution in [3.63, 3.8) is 0 Å². The predicted molar refractivity (Wildman–Crippen MR) is 86.8 cm³/mol. The number of aromatic nitrogens is 1. The molecule has 1 aliphatic rings. The number of hydrogen-bond acceptors (Lipinski definition) is 3. The quantitative estimate of drug-likeness (QED) is 0.727. The van der Waals surface area contributed by atoms with Crippen molar-refractivity contribution in [1.29, 1.82) is 0 Å². The molecule has 0 bridgehead atoms. The van der Waals surface area contributed by atoms with E-state index in [1.807, 2.05) is 47.4 Å². The van der Waals surface area contributed by atoms with Crippen LogP contribution in [0.2, 0.25) is 0 Å². The van der Waals surface area contributed by atoms with Crippen LogP contribution in [0.1, 0.15) is 21.7 Å². The van der Waals surface area contributed by atoms with Gasteiger partial charge in [-0.1, -0.05) is 42.5 Å². The van der Waals surface area contributed by atoms with Gasteiger partial charge in [0.1, 0.15) is 0 Å². The van der Waals surface area contributed by atoms with E-state index in [-0.39, 0.29) is 5.91 Å². The summed E-state index contributed by atoms with van der Waals surface area (Å²) in [5.41, 5.74) is 3.39. The minimum atomic E-state index is -0.103. The molecule has 23 heavy (non-hydrogen) atoms. The third-order valence-corrected chi connectivity index (χ3v) is 4.16. The van der Waals surface area contributed by atoms with Crippen molar-refractivity contribution in [2.24, 2.45) is 0 Å². The molecular weight excluding hydrogens is 288 g/mol. The molecule has 3 aromatic rings. The summed E-state index contributed by atoms with van der Waals surface area (Å²) < 4.78 is 5.67. The first-order valence-corrected chi connectivity index (χ1v) is 7.68. The van der Waals surface area contributed by atoms with Crippen LogP contribution in [0, 0.1) is 0 Å². The second kappa shape index (κ2) is 5.72. The molecule has 4 rings (SSSR count). The summed E-state index contributed by atoms with van der Waals surface area (Å²) in [5.74, 6) is 0.670. The lowest BCUT2D eigenvalue weighted by Crippen LogP contribution is -2.35. The van der Waals surface area contributed by atoms with E-state index in [1.54, 1.807) is 0 Å². The van der Waals surface area contributed by atoms with E-state index in [9.17, 15) is 4.79 Å². The molecule has 4 nitrogen and oxygen atoms in total. The summed E-state index contributed by atoms with van der Waals surface area (Å²) in [6, 6.07) is 17.8. The first-order chi connectivity index (χ1) is 11.3. The highest BCUT2D eigenvalue weighted by atomic mass is 16.4. The molecule has 0 saturated carbocycles. The standard InChI is InChI=1S/C19H16N2O2/c22-19(21-11-10-14-6-4-5-9-16(14)13-21)17-12-20-18(23-17)15-7-2-1-3-8-15/h1-9,12H,10-11,13H2. The Morgan fingerprint density at radius 3 is 2.57 bits per heavy atom. The Morgan fingerprint density at radius 2 is 1.74 bits per heavy atom. The van der Waals surface area contributed by atoms with Gasteiger partial charge in [0.25, 0.3) is 5.91 Å². The minimum absolute atomic E-state index is 0.103. The van der Waals surface area contributed by atoms with Crippen molar-refractivity contribution in [3.8, 4) is 11.5 Å². The lowest BCUT2D eigenvalue weighted by atomic mass is 10.00. The Labute approximate surface area is 134 Å². The molecule has 1 aromatic heterocycles. The molecule has 0 N–H and O–H groups in total. The van der Waals surface area contributed by atoms with Crippen LogP contribution in [0.15, 0.2) is 65.2 Å². The first-order valence-electron chi connectivity index (χ1n) is 7.68. The molecular formula is C19H16N2O2. The minimum Gasteiger partial charge on any atom is -0.431 e. The van der Waals surface area contributed by atoms with Crippen LogP contribution >= 0.6 is 0 Å². The Balaban J connectivity index is 1.55. The maximum absolute atomic E-state index is 12.6. The van der Waals surface area contributed by atoms with Gasteiger partial charge in [-0.2, -0.15) is 0 Å². The van der Waals surface area contributed by atoms with Crippen molar-refractivity contribution in [2.75, 3.05) is 6.54 Å². The summed E-state index contributed by atoms with van der Waals surface area (Å²) >= 11 is 0. The largest absolute Gasteiger partial charge is 0.431 e. The van der Waals surface area contributed by atoms with E-state index in [1.165, 1.54) is 17.3 Å². The van der Waals surface area contributed by atoms with Crippen LogP contribution in [0.25, 0.3) is 11.5 Å². The van der Waals surface area contributed by atoms with Crippen molar-refractivity contribution in [2.45, 2.75) is 13.0 Å². The molecule has 1 amide bonds. The lowest BCUT2D eigenvalue weighted by molar-refractivity contribution is 0.0703. The first kappa shape index (κ1) is 13.8. The third-order valence-electron chi connectivity index (χ3n) is 4.16. The number of fused-ring (bicyclic) bond motifs is 1. The summed E-state index contributed by atoms with van der Waals surface area (Å²) in [5, 5.41) is 0. The van der Waals surface area contributed by atoms with E-state index in [0.29, 0.717) is 24.7 Å². The molecule has 1 aliphatic heterocycles. The van der Waals surface area contributed by atoms with Crippen LogP contribution in [0.4, 0.5) is 0 Å². The van der Waals surface area contributed by atoms with E-state index in [2.05, 4.69) is 17.1 Å². The number of oxazole rings is 1. The van der Waals surface area contributed by atoms with Gasteiger partial charge in [0.2, 0.25) is 11.7 Å². The number of benzene rings is 2. The van der Waals surface area contributed by atoms with Crippen molar-refractivity contribution < 1.29 is 9.21 Å². The van der Waals surface area contributed by atoms with E-state index >= 15 is 0 Å². The van der Waals surface area contributed by atoms with Gasteiger partial charge in [-0.3, -0.25) is 4.79 Å². The van der Waals surface area contributed by atoms with Crippen LogP contribution in [0.3, 0.4) is 0 Å². The normalized spacial score (nSPS) is 13.7. The highest BCUT2D eigenvalue weighted by Crippen LogP contribution is 2.23. The maximum Gasteiger partial charge on any atom is 0.291 e. The van der Waals surface area contributed by atoms with E-state index in [0.717, 1.165) is 12.0 Å². The number of carbonyl (C=O) groups is 1. The van der Waals surface area contributed by atoms with Gasteiger partial charge in [-0.05, 0) is 29.7 Å². The van der Waals surface area contributed by atoms with Gasteiger partial charge in [-0.15, -0.1) is 0 Å². The molecule has 0 spiro atoms. The van der Waals surface area contributed by atoms with Crippen LogP contribution in [0.5, 0.6) is 0 Å². The second-order valence-electron chi connectivity index (χ2n) is 5.64. The Morgan fingerprint density at radius 1 is 1.00 bits per heavy atom. The number of rotatable bonds is 2. The maximum atomic E-state index is 12.6. The summed E-state index contributed by atoms with van der Waals surface area (Å²) in [7, 11) is 0. The molecule has 0 unspecified atom stereocenters. The Kier molecular flexibility index (Phi) is 3.42. The van der Waals surface area contributed by atoms with Gasteiger partial charge in [0.15, 0.2) is 0 Å². The van der Waals surface area contributed by atoms with Gasteiger partial charge in [0.05, 0.1) is 6.20 Å². The zero-order chi connectivity index (χ0) is 15.6. The number of hydrogen-bond donors (Lipinski definition) is 0. The lowest BCUT2D eigenvalue weighted by Gasteiger charge is -2.27. The summed E-state index contributed by atoms with van der Waals surface area (Å²) in [4.78, 5) is 18.7. The average molecular weight is 304 g/mol. The molecule has 114 valence electrons. The van der Waals surface area contributed by atoms with Crippen LogP contribution in [-0.2, 0) is 13.0 Å². The Bertz CT molecular complexity index is 839. The molecule has 0 radical (unpaired) electrons. The molecule has 0 saturated heterocycles. The smallest absolute Gasteiger partial charge is 0.291 e. The zero-order valence-electron chi connectivity index (χ0n) is 12.6. The van der Waals surface area contributed by atoms with Gasteiger partial charge in [-0.25, -0.2) is 4.98 Å². The van der Waals surface area contributed by atoms with Gasteiger partial charge >= 0.3 is 0 Å². The molecule has 0 aliphatic carbocycles. The molecule has 0 fully saturated rings. The van der Waals surface area contributed by atoms with Crippen molar-refractivity contribution >= 4 is 5.91 Å².